The Labute approximate surface area is 183 Å². The second kappa shape index (κ2) is 13.5. The number of carboxylic acid groups (broad SMARTS) is 1. The standard InChI is InChI=1S/C19H28N4O7S/c1-31-7-6-14(23-17(27)13(20)10-24)18(28)21-9-16(26)22-15(19(29)30)8-11-2-4-12(25)5-3-11/h2-5,13-15,24-25H,6-10,20H2,1H3,(H,21,28)(H,22,26)(H,23,27)(H,29,30). The van der Waals surface area contributed by atoms with Gasteiger partial charge >= 0.3 is 5.97 Å². The highest BCUT2D eigenvalue weighted by molar-refractivity contribution is 7.98. The van der Waals surface area contributed by atoms with E-state index in [4.69, 9.17) is 10.8 Å². The lowest BCUT2D eigenvalue weighted by Crippen LogP contribution is -2.54. The topological polar surface area (TPSA) is 191 Å². The van der Waals surface area contributed by atoms with Gasteiger partial charge in [-0.1, -0.05) is 12.1 Å². The van der Waals surface area contributed by atoms with Crippen LogP contribution in [0.25, 0.3) is 0 Å². The molecule has 1 aromatic rings. The number of phenols is 1. The summed E-state index contributed by atoms with van der Waals surface area (Å²) < 4.78 is 0. The third kappa shape index (κ3) is 9.68. The monoisotopic (exact) mass is 456 g/mol. The van der Waals surface area contributed by atoms with Gasteiger partial charge in [0.1, 0.15) is 23.9 Å². The van der Waals surface area contributed by atoms with Gasteiger partial charge in [0.05, 0.1) is 13.2 Å². The molecule has 0 aliphatic carbocycles. The quantitative estimate of drug-likeness (QED) is 0.179. The zero-order valence-corrected chi connectivity index (χ0v) is 17.9. The second-order valence-corrected chi connectivity index (χ2v) is 7.66. The Kier molecular flexibility index (Phi) is 11.4. The maximum Gasteiger partial charge on any atom is 0.326 e. The molecule has 1 rings (SSSR count). The SMILES string of the molecule is CSCCC(NC(=O)C(N)CO)C(=O)NCC(=O)NC(Cc1ccc(O)cc1)C(=O)O. The second-order valence-electron chi connectivity index (χ2n) is 6.68. The maximum atomic E-state index is 12.4. The summed E-state index contributed by atoms with van der Waals surface area (Å²) in [6, 6.07) is 2.51. The predicted octanol–water partition coefficient (Wildman–Crippen LogP) is -1.82. The molecule has 3 unspecified atom stereocenters. The Morgan fingerprint density at radius 1 is 1.06 bits per heavy atom. The number of nitrogens with two attached hydrogens (primary N) is 1. The number of phenolic OH excluding ortho intramolecular Hbond substituents is 1. The van der Waals surface area contributed by atoms with E-state index in [0.717, 1.165) is 0 Å². The van der Waals surface area contributed by atoms with E-state index in [0.29, 0.717) is 11.3 Å². The highest BCUT2D eigenvalue weighted by Gasteiger charge is 2.25. The number of amides is 3. The van der Waals surface area contributed by atoms with Crippen LogP contribution in [-0.2, 0) is 25.6 Å². The molecule has 31 heavy (non-hydrogen) atoms. The number of benzene rings is 1. The number of aliphatic hydroxyl groups is 1. The smallest absolute Gasteiger partial charge is 0.326 e. The van der Waals surface area contributed by atoms with Crippen molar-refractivity contribution >= 4 is 35.5 Å². The molecule has 8 N–H and O–H groups in total. The fourth-order valence-electron chi connectivity index (χ4n) is 2.47. The van der Waals surface area contributed by atoms with Gasteiger partial charge in [-0.15, -0.1) is 0 Å². The summed E-state index contributed by atoms with van der Waals surface area (Å²) >= 11 is 1.45. The van der Waals surface area contributed by atoms with Crippen LogP contribution in [0, 0.1) is 0 Å². The number of nitrogens with one attached hydrogen (secondary N) is 3. The molecule has 0 heterocycles. The summed E-state index contributed by atoms with van der Waals surface area (Å²) in [5, 5.41) is 34.7. The summed E-state index contributed by atoms with van der Waals surface area (Å²) in [6.45, 7) is -1.07. The van der Waals surface area contributed by atoms with Crippen molar-refractivity contribution < 1.29 is 34.5 Å². The van der Waals surface area contributed by atoms with Gasteiger partial charge in [-0.25, -0.2) is 4.79 Å². The lowest BCUT2D eigenvalue weighted by molar-refractivity contribution is -0.141. The van der Waals surface area contributed by atoms with Crippen molar-refractivity contribution in [3.05, 3.63) is 29.8 Å². The number of aliphatic hydroxyl groups excluding tert-OH is 1. The van der Waals surface area contributed by atoms with E-state index < -0.39 is 55.0 Å². The van der Waals surface area contributed by atoms with Crippen LogP contribution in [0.4, 0.5) is 0 Å². The van der Waals surface area contributed by atoms with Crippen LogP contribution in [0.3, 0.4) is 0 Å². The number of thioether (sulfide) groups is 1. The van der Waals surface area contributed by atoms with Gasteiger partial charge in [0.2, 0.25) is 17.7 Å². The van der Waals surface area contributed by atoms with Crippen molar-refractivity contribution in [3.8, 4) is 5.75 Å². The first-order valence-electron chi connectivity index (χ1n) is 9.41. The number of carboxylic acids is 1. The third-order valence-electron chi connectivity index (χ3n) is 4.21. The largest absolute Gasteiger partial charge is 0.508 e. The molecule has 0 radical (unpaired) electrons. The normalized spacial score (nSPS) is 13.5. The van der Waals surface area contributed by atoms with Crippen molar-refractivity contribution in [1.82, 2.24) is 16.0 Å². The van der Waals surface area contributed by atoms with E-state index >= 15 is 0 Å². The predicted molar refractivity (Wildman–Crippen MR) is 114 cm³/mol. The van der Waals surface area contributed by atoms with Gasteiger partial charge in [0.15, 0.2) is 0 Å². The molecule has 0 saturated carbocycles. The minimum atomic E-state index is -1.25. The Hall–Kier alpha value is -2.83. The number of carbonyl (C=O) groups excluding carboxylic acids is 3. The molecule has 0 fully saturated rings. The molecule has 11 nitrogen and oxygen atoms in total. The first kappa shape index (κ1) is 26.2. The number of carbonyl (C=O) groups is 4. The van der Waals surface area contributed by atoms with Crippen LogP contribution in [0.5, 0.6) is 5.75 Å². The van der Waals surface area contributed by atoms with Crippen LogP contribution < -0.4 is 21.7 Å². The molecule has 0 bridgehead atoms. The van der Waals surface area contributed by atoms with Crippen LogP contribution >= 0.6 is 11.8 Å². The number of hydrogen-bond donors (Lipinski definition) is 7. The molecule has 3 atom stereocenters. The summed E-state index contributed by atoms with van der Waals surface area (Å²) in [6.07, 6.45) is 2.09. The van der Waals surface area contributed by atoms with Gasteiger partial charge in [0, 0.05) is 6.42 Å². The molecule has 0 saturated heterocycles. The van der Waals surface area contributed by atoms with Crippen molar-refractivity contribution in [2.45, 2.75) is 31.0 Å². The lowest BCUT2D eigenvalue weighted by atomic mass is 10.1. The Morgan fingerprint density at radius 3 is 2.26 bits per heavy atom. The molecule has 12 heteroatoms. The van der Waals surface area contributed by atoms with Gasteiger partial charge < -0.3 is 37.0 Å². The van der Waals surface area contributed by atoms with E-state index in [1.165, 1.54) is 36.0 Å². The number of aliphatic carboxylic acids is 1. The highest BCUT2D eigenvalue weighted by atomic mass is 32.2. The molecular weight excluding hydrogens is 428 g/mol. The number of hydrogen-bond acceptors (Lipinski definition) is 8. The zero-order chi connectivity index (χ0) is 23.4. The first-order chi connectivity index (χ1) is 14.7. The average Bonchev–Trinajstić information content (AvgIpc) is 2.74. The number of aromatic hydroxyl groups is 1. The summed E-state index contributed by atoms with van der Waals surface area (Å²) in [5.41, 5.74) is 6.03. The average molecular weight is 457 g/mol. The van der Waals surface area contributed by atoms with Gasteiger partial charge in [-0.2, -0.15) is 11.8 Å². The van der Waals surface area contributed by atoms with Crippen molar-refractivity contribution in [2.75, 3.05) is 25.2 Å². The fraction of sp³-hybridized carbons (Fsp3) is 0.474. The minimum Gasteiger partial charge on any atom is -0.508 e. The Morgan fingerprint density at radius 2 is 1.71 bits per heavy atom. The van der Waals surface area contributed by atoms with Gasteiger partial charge in [-0.05, 0) is 36.1 Å². The van der Waals surface area contributed by atoms with Crippen molar-refractivity contribution in [2.24, 2.45) is 5.73 Å². The molecular formula is C19H28N4O7S. The van der Waals surface area contributed by atoms with Crippen LogP contribution in [0.1, 0.15) is 12.0 Å². The molecule has 0 aliphatic rings. The van der Waals surface area contributed by atoms with Gasteiger partial charge in [-0.3, -0.25) is 14.4 Å². The van der Waals surface area contributed by atoms with E-state index in [1.54, 1.807) is 0 Å². The first-order valence-corrected chi connectivity index (χ1v) is 10.8. The van der Waals surface area contributed by atoms with E-state index in [1.807, 2.05) is 6.26 Å². The van der Waals surface area contributed by atoms with Crippen molar-refractivity contribution in [1.29, 1.82) is 0 Å². The minimum absolute atomic E-state index is 0.0131. The summed E-state index contributed by atoms with van der Waals surface area (Å²) in [4.78, 5) is 47.8. The van der Waals surface area contributed by atoms with E-state index in [9.17, 15) is 29.4 Å². The molecule has 0 spiro atoms. The van der Waals surface area contributed by atoms with Crippen LogP contribution in [0.15, 0.2) is 24.3 Å². The highest BCUT2D eigenvalue weighted by Crippen LogP contribution is 2.11. The van der Waals surface area contributed by atoms with Gasteiger partial charge in [0.25, 0.3) is 0 Å². The Bertz CT molecular complexity index is 760. The lowest BCUT2D eigenvalue weighted by Gasteiger charge is -2.20. The number of rotatable bonds is 13. The summed E-state index contributed by atoms with van der Waals surface area (Å²) in [5.74, 6) is -2.73. The molecule has 1 aromatic carbocycles. The molecule has 0 aliphatic heterocycles. The Balaban J connectivity index is 2.64. The van der Waals surface area contributed by atoms with E-state index in [2.05, 4.69) is 16.0 Å². The van der Waals surface area contributed by atoms with Crippen molar-refractivity contribution in [3.63, 3.8) is 0 Å². The molecule has 0 aromatic heterocycles. The third-order valence-corrected chi connectivity index (χ3v) is 4.85. The maximum absolute atomic E-state index is 12.4. The van der Waals surface area contributed by atoms with E-state index in [-0.39, 0.29) is 18.6 Å². The molecule has 3 amide bonds. The summed E-state index contributed by atoms with van der Waals surface area (Å²) in [7, 11) is 0. The molecule has 172 valence electrons. The van der Waals surface area contributed by atoms with Crippen LogP contribution in [-0.4, -0.2) is 82.3 Å². The fourth-order valence-corrected chi connectivity index (χ4v) is 2.94. The zero-order valence-electron chi connectivity index (χ0n) is 17.0. The van der Waals surface area contributed by atoms with Crippen LogP contribution in [0.2, 0.25) is 0 Å².